The highest BCUT2D eigenvalue weighted by molar-refractivity contribution is 7.80. The molecule has 0 bridgehead atoms. The lowest BCUT2D eigenvalue weighted by atomic mass is 10.1. The zero-order chi connectivity index (χ0) is 13.0. The summed E-state index contributed by atoms with van der Waals surface area (Å²) in [5.41, 5.74) is 0.518. The van der Waals surface area contributed by atoms with Gasteiger partial charge in [0.25, 0.3) is 5.69 Å². The van der Waals surface area contributed by atoms with Crippen molar-refractivity contribution in [1.29, 1.82) is 0 Å². The molecule has 94 valence electrons. The molecule has 1 aromatic rings. The largest absolute Gasteiger partial charge is 0.390 e. The number of hydrogen-bond acceptors (Lipinski definition) is 6. The van der Waals surface area contributed by atoms with Crippen LogP contribution in [0.2, 0.25) is 0 Å². The molecule has 1 rings (SSSR count). The monoisotopic (exact) mass is 258 g/mol. The number of pyridine rings is 1. The van der Waals surface area contributed by atoms with E-state index in [9.17, 15) is 20.3 Å². The van der Waals surface area contributed by atoms with Gasteiger partial charge >= 0.3 is 0 Å². The molecule has 0 saturated heterocycles. The average Bonchev–Trinajstić information content (AvgIpc) is 2.27. The summed E-state index contributed by atoms with van der Waals surface area (Å²) in [5.74, 6) is 0.435. The summed E-state index contributed by atoms with van der Waals surface area (Å²) in [7, 11) is 0. The molecule has 6 nitrogen and oxygen atoms in total. The number of aliphatic hydroxyl groups is 2. The van der Waals surface area contributed by atoms with Crippen LogP contribution in [0.3, 0.4) is 0 Å². The van der Waals surface area contributed by atoms with Gasteiger partial charge < -0.3 is 10.2 Å². The second kappa shape index (κ2) is 5.95. The van der Waals surface area contributed by atoms with Gasteiger partial charge in [-0.3, -0.25) is 15.1 Å². The number of nitro groups is 1. The summed E-state index contributed by atoms with van der Waals surface area (Å²) in [6.07, 6.45) is -0.717. The number of aromatic nitrogens is 1. The molecule has 0 aliphatic carbocycles. The number of rotatable bonds is 5. The summed E-state index contributed by atoms with van der Waals surface area (Å²) < 4.78 is 0. The van der Waals surface area contributed by atoms with Crippen LogP contribution >= 0.6 is 12.6 Å². The predicted octanol–water partition coefficient (Wildman–Crippen LogP) is 1.01. The summed E-state index contributed by atoms with van der Waals surface area (Å²) in [5, 5.41) is 29.9. The lowest BCUT2D eigenvalue weighted by molar-refractivity contribution is -0.385. The topological polar surface area (TPSA) is 96.5 Å². The number of aliphatic hydroxyl groups excluding tert-OH is 2. The maximum atomic E-state index is 10.6. The molecule has 1 heterocycles. The molecule has 0 aliphatic heterocycles. The molecular formula is C10H14N2O4S. The van der Waals surface area contributed by atoms with Crippen molar-refractivity contribution in [2.75, 3.05) is 5.75 Å². The van der Waals surface area contributed by atoms with Gasteiger partial charge in [-0.2, -0.15) is 12.6 Å². The highest BCUT2D eigenvalue weighted by atomic mass is 32.1. The molecule has 2 unspecified atom stereocenters. The lowest BCUT2D eigenvalue weighted by Gasteiger charge is -2.16. The molecule has 2 atom stereocenters. The van der Waals surface area contributed by atoms with Gasteiger partial charge in [0.1, 0.15) is 12.3 Å². The Labute approximate surface area is 104 Å². The average molecular weight is 258 g/mol. The highest BCUT2D eigenvalue weighted by Gasteiger charge is 2.21. The first-order chi connectivity index (χ1) is 7.97. The van der Waals surface area contributed by atoms with E-state index < -0.39 is 17.1 Å². The molecule has 0 amide bonds. The number of aryl methyl sites for hydroxylation is 1. The van der Waals surface area contributed by atoms with Crippen LogP contribution in [0.25, 0.3) is 0 Å². The fraction of sp³-hybridized carbons (Fsp3) is 0.500. The molecule has 0 fully saturated rings. The number of nitrogens with zero attached hydrogens (tertiary/aromatic N) is 2. The molecule has 0 saturated carbocycles. The van der Waals surface area contributed by atoms with E-state index in [4.69, 9.17) is 0 Å². The van der Waals surface area contributed by atoms with E-state index in [0.717, 1.165) is 6.20 Å². The van der Waals surface area contributed by atoms with Gasteiger partial charge in [0.2, 0.25) is 0 Å². The van der Waals surface area contributed by atoms with E-state index in [1.807, 2.05) is 0 Å². The van der Waals surface area contributed by atoms with Crippen molar-refractivity contribution in [2.24, 2.45) is 0 Å². The van der Waals surface area contributed by atoms with E-state index in [2.05, 4.69) is 17.6 Å². The van der Waals surface area contributed by atoms with Gasteiger partial charge in [0.15, 0.2) is 0 Å². The first kappa shape index (κ1) is 13.9. The van der Waals surface area contributed by atoms with Crippen LogP contribution < -0.4 is 0 Å². The molecule has 0 aliphatic rings. The third-order valence-electron chi connectivity index (χ3n) is 2.39. The lowest BCUT2D eigenvalue weighted by Crippen LogP contribution is -2.19. The smallest absolute Gasteiger partial charge is 0.290 e. The fourth-order valence-electron chi connectivity index (χ4n) is 1.41. The van der Waals surface area contributed by atoms with Crippen molar-refractivity contribution in [1.82, 2.24) is 4.98 Å². The maximum absolute atomic E-state index is 10.6. The van der Waals surface area contributed by atoms with E-state index in [1.54, 1.807) is 6.92 Å². The minimum atomic E-state index is -1.15. The first-order valence-corrected chi connectivity index (χ1v) is 5.68. The normalized spacial score (nSPS) is 14.4. The third-order valence-corrected chi connectivity index (χ3v) is 2.65. The Hall–Kier alpha value is -1.18. The molecular weight excluding hydrogens is 244 g/mol. The van der Waals surface area contributed by atoms with E-state index in [-0.39, 0.29) is 11.4 Å². The Morgan fingerprint density at radius 3 is 2.71 bits per heavy atom. The minimum absolute atomic E-state index is 0.107. The minimum Gasteiger partial charge on any atom is -0.390 e. The van der Waals surface area contributed by atoms with Gasteiger partial charge in [-0.05, 0) is 25.2 Å². The van der Waals surface area contributed by atoms with Crippen LogP contribution in [0.1, 0.15) is 23.8 Å². The summed E-state index contributed by atoms with van der Waals surface area (Å²) in [6, 6.07) is 1.41. The molecule has 17 heavy (non-hydrogen) atoms. The number of hydrogen-bond donors (Lipinski definition) is 3. The fourth-order valence-corrected chi connectivity index (χ4v) is 1.68. The van der Waals surface area contributed by atoms with Crippen molar-refractivity contribution in [3.05, 3.63) is 33.6 Å². The third kappa shape index (κ3) is 3.39. The van der Waals surface area contributed by atoms with Gasteiger partial charge in [0, 0.05) is 5.56 Å². The zero-order valence-electron chi connectivity index (χ0n) is 9.28. The Balaban J connectivity index is 2.93. The predicted molar refractivity (Wildman–Crippen MR) is 65.1 cm³/mol. The molecule has 0 aromatic carbocycles. The van der Waals surface area contributed by atoms with Crippen LogP contribution in [0.4, 0.5) is 5.69 Å². The summed E-state index contributed by atoms with van der Waals surface area (Å²) >= 11 is 3.95. The van der Waals surface area contributed by atoms with Crippen LogP contribution in [-0.2, 0) is 0 Å². The highest BCUT2D eigenvalue weighted by Crippen LogP contribution is 2.22. The standard InChI is InChI=1S/C10H14N2O4S/c1-6-4-7(10(14)9(13)2-3-17)11-5-8(6)12(15)16/h4-5,9-10,13-14,17H,2-3H2,1H3. The van der Waals surface area contributed by atoms with Gasteiger partial charge in [0.05, 0.1) is 16.7 Å². The number of thiol groups is 1. The SMILES string of the molecule is Cc1cc(C(O)C(O)CCS)ncc1[N+](=O)[O-]. The van der Waals surface area contributed by atoms with Crippen molar-refractivity contribution in [2.45, 2.75) is 25.6 Å². The zero-order valence-corrected chi connectivity index (χ0v) is 10.2. The molecule has 2 N–H and O–H groups in total. The van der Waals surface area contributed by atoms with E-state index in [1.165, 1.54) is 6.07 Å². The Bertz CT molecular complexity index is 413. The van der Waals surface area contributed by atoms with Crippen molar-refractivity contribution >= 4 is 18.3 Å². The Morgan fingerprint density at radius 1 is 1.59 bits per heavy atom. The second-order valence-electron chi connectivity index (χ2n) is 3.68. The van der Waals surface area contributed by atoms with E-state index in [0.29, 0.717) is 17.7 Å². The Kier molecular flexibility index (Phi) is 4.86. The maximum Gasteiger partial charge on any atom is 0.290 e. The van der Waals surface area contributed by atoms with Crippen LogP contribution in [0.5, 0.6) is 0 Å². The molecule has 0 spiro atoms. The van der Waals surface area contributed by atoms with Crippen LogP contribution in [0, 0.1) is 17.0 Å². The first-order valence-electron chi connectivity index (χ1n) is 5.05. The second-order valence-corrected chi connectivity index (χ2v) is 4.12. The summed E-state index contributed by atoms with van der Waals surface area (Å²) in [6.45, 7) is 1.56. The van der Waals surface area contributed by atoms with Crippen molar-refractivity contribution in [3.8, 4) is 0 Å². The van der Waals surface area contributed by atoms with E-state index >= 15 is 0 Å². The van der Waals surface area contributed by atoms with Crippen LogP contribution in [-0.4, -0.2) is 32.0 Å². The van der Waals surface area contributed by atoms with Gasteiger partial charge in [-0.25, -0.2) is 0 Å². The summed E-state index contributed by atoms with van der Waals surface area (Å²) in [4.78, 5) is 13.8. The molecule has 1 aromatic heterocycles. The van der Waals surface area contributed by atoms with Crippen molar-refractivity contribution in [3.63, 3.8) is 0 Å². The Morgan fingerprint density at radius 2 is 2.24 bits per heavy atom. The quantitative estimate of drug-likeness (QED) is 0.416. The van der Waals surface area contributed by atoms with Crippen molar-refractivity contribution < 1.29 is 15.1 Å². The molecule has 7 heteroatoms. The van der Waals surface area contributed by atoms with Gasteiger partial charge in [-0.15, -0.1) is 0 Å². The van der Waals surface area contributed by atoms with Gasteiger partial charge in [-0.1, -0.05) is 0 Å². The molecule has 0 radical (unpaired) electrons. The van der Waals surface area contributed by atoms with Crippen LogP contribution in [0.15, 0.2) is 12.3 Å².